The van der Waals surface area contributed by atoms with Gasteiger partial charge in [0.05, 0.1) is 12.4 Å². The quantitative estimate of drug-likeness (QED) is 0.590. The minimum absolute atomic E-state index is 0.184. The number of hydrogen-bond donors (Lipinski definition) is 1. The maximum atomic E-state index is 11.7. The van der Waals surface area contributed by atoms with Crippen molar-refractivity contribution in [2.24, 2.45) is 5.10 Å². The number of hydrazone groups is 1. The summed E-state index contributed by atoms with van der Waals surface area (Å²) in [6, 6.07) is 10.9. The van der Waals surface area contributed by atoms with E-state index in [1.807, 2.05) is 12.1 Å². The van der Waals surface area contributed by atoms with Crippen molar-refractivity contribution in [1.29, 1.82) is 0 Å². The van der Waals surface area contributed by atoms with Gasteiger partial charge in [0.15, 0.2) is 0 Å². The first-order valence-corrected chi connectivity index (χ1v) is 7.05. The minimum atomic E-state index is -0.448. The van der Waals surface area contributed by atoms with Gasteiger partial charge in [-0.1, -0.05) is 23.7 Å². The van der Waals surface area contributed by atoms with E-state index in [1.54, 1.807) is 24.3 Å². The van der Waals surface area contributed by atoms with Gasteiger partial charge in [-0.2, -0.15) is 5.10 Å². The molecule has 0 radical (unpaired) electrons. The zero-order chi connectivity index (χ0) is 16.1. The van der Waals surface area contributed by atoms with Gasteiger partial charge in [0, 0.05) is 23.0 Å². The number of halogens is 1. The Morgan fingerprint density at radius 3 is 2.96 bits per heavy atom. The molecule has 6 nitrogen and oxygen atoms in total. The number of furan rings is 1. The van der Waals surface area contributed by atoms with E-state index in [4.69, 9.17) is 16.0 Å². The Morgan fingerprint density at radius 1 is 1.26 bits per heavy atom. The van der Waals surface area contributed by atoms with E-state index in [-0.39, 0.29) is 5.69 Å². The topological polar surface area (TPSA) is 80.4 Å². The average Bonchev–Trinajstić information content (AvgIpc) is 3.04. The second kappa shape index (κ2) is 6.85. The van der Waals surface area contributed by atoms with Crippen molar-refractivity contribution in [3.8, 4) is 11.3 Å². The molecular weight excluding hydrogens is 316 g/mol. The first-order valence-electron chi connectivity index (χ1n) is 6.67. The molecule has 1 aromatic carbocycles. The Morgan fingerprint density at radius 2 is 2.17 bits per heavy atom. The number of carbonyl (C=O) groups is 1. The molecule has 3 aromatic rings. The number of aromatic nitrogens is 2. The number of carbonyl (C=O) groups excluding carboxylic acids is 1. The highest BCUT2D eigenvalue weighted by Gasteiger charge is 2.06. The fraction of sp³-hybridized carbons (Fsp3) is 0. The highest BCUT2D eigenvalue weighted by atomic mass is 35.5. The lowest BCUT2D eigenvalue weighted by molar-refractivity contribution is 0.0949. The van der Waals surface area contributed by atoms with Crippen LogP contribution in [0.5, 0.6) is 0 Å². The Kier molecular flexibility index (Phi) is 4.44. The lowest BCUT2D eigenvalue weighted by Crippen LogP contribution is -2.18. The number of nitrogens with zero attached hydrogens (tertiary/aromatic N) is 3. The molecule has 3 rings (SSSR count). The van der Waals surface area contributed by atoms with E-state index in [0.29, 0.717) is 16.5 Å². The lowest BCUT2D eigenvalue weighted by atomic mass is 10.2. The number of nitrogens with one attached hydrogen (secondary N) is 1. The van der Waals surface area contributed by atoms with Crippen LogP contribution >= 0.6 is 11.6 Å². The van der Waals surface area contributed by atoms with E-state index >= 15 is 0 Å². The van der Waals surface area contributed by atoms with E-state index in [0.717, 1.165) is 5.56 Å². The number of amides is 1. The standard InChI is InChI=1S/C16H11ClN4O2/c17-12-3-1-2-11(8-12)15-5-4-13(23-15)9-20-21-16(22)14-10-18-6-7-19-14/h1-10H,(H,21,22)/b20-9+. The molecule has 7 heteroatoms. The van der Waals surface area contributed by atoms with Gasteiger partial charge >= 0.3 is 0 Å². The maximum absolute atomic E-state index is 11.7. The summed E-state index contributed by atoms with van der Waals surface area (Å²) in [5.41, 5.74) is 3.40. The molecule has 0 saturated heterocycles. The van der Waals surface area contributed by atoms with Crippen LogP contribution in [0.4, 0.5) is 0 Å². The van der Waals surface area contributed by atoms with Gasteiger partial charge < -0.3 is 4.42 Å². The molecule has 0 aliphatic heterocycles. The summed E-state index contributed by atoms with van der Waals surface area (Å²) < 4.78 is 5.62. The van der Waals surface area contributed by atoms with Crippen molar-refractivity contribution < 1.29 is 9.21 Å². The third-order valence-corrected chi connectivity index (χ3v) is 3.12. The second-order valence-electron chi connectivity index (χ2n) is 4.50. The van der Waals surface area contributed by atoms with E-state index in [9.17, 15) is 4.79 Å². The normalized spacial score (nSPS) is 10.8. The van der Waals surface area contributed by atoms with E-state index < -0.39 is 5.91 Å². The van der Waals surface area contributed by atoms with Crippen LogP contribution in [0.15, 0.2) is 64.5 Å². The van der Waals surface area contributed by atoms with Gasteiger partial charge in [0.25, 0.3) is 5.91 Å². The molecular formula is C16H11ClN4O2. The zero-order valence-corrected chi connectivity index (χ0v) is 12.6. The van der Waals surface area contributed by atoms with Crippen LogP contribution in [-0.2, 0) is 0 Å². The third kappa shape index (κ3) is 3.81. The molecule has 0 aliphatic carbocycles. The predicted molar refractivity (Wildman–Crippen MR) is 86.2 cm³/mol. The Bertz CT molecular complexity index is 846. The summed E-state index contributed by atoms with van der Waals surface area (Å²) in [6.45, 7) is 0. The van der Waals surface area contributed by atoms with Gasteiger partial charge in [-0.3, -0.25) is 9.78 Å². The largest absolute Gasteiger partial charge is 0.455 e. The van der Waals surface area contributed by atoms with Crippen molar-refractivity contribution in [3.63, 3.8) is 0 Å². The Balaban J connectivity index is 1.66. The van der Waals surface area contributed by atoms with Crippen LogP contribution in [-0.4, -0.2) is 22.1 Å². The fourth-order valence-corrected chi connectivity index (χ4v) is 2.04. The molecule has 0 bridgehead atoms. The summed E-state index contributed by atoms with van der Waals surface area (Å²) >= 11 is 5.95. The van der Waals surface area contributed by atoms with Crippen LogP contribution in [0.1, 0.15) is 16.2 Å². The molecule has 0 saturated carbocycles. The number of benzene rings is 1. The molecule has 2 aromatic heterocycles. The minimum Gasteiger partial charge on any atom is -0.455 e. The molecule has 23 heavy (non-hydrogen) atoms. The monoisotopic (exact) mass is 326 g/mol. The molecule has 0 aliphatic rings. The SMILES string of the molecule is O=C(N/N=C/c1ccc(-c2cccc(Cl)c2)o1)c1cnccn1. The average molecular weight is 327 g/mol. The molecule has 0 spiro atoms. The van der Waals surface area contributed by atoms with Crippen molar-refractivity contribution in [3.05, 3.63) is 71.5 Å². The van der Waals surface area contributed by atoms with Gasteiger partial charge in [-0.15, -0.1) is 0 Å². The Hall–Kier alpha value is -2.99. The van der Waals surface area contributed by atoms with Crippen molar-refractivity contribution in [2.45, 2.75) is 0 Å². The summed E-state index contributed by atoms with van der Waals surface area (Å²) in [4.78, 5) is 19.4. The summed E-state index contributed by atoms with van der Waals surface area (Å²) in [5, 5.41) is 4.46. The van der Waals surface area contributed by atoms with Gasteiger partial charge in [-0.25, -0.2) is 10.4 Å². The van der Waals surface area contributed by atoms with Crippen LogP contribution < -0.4 is 5.43 Å². The van der Waals surface area contributed by atoms with Gasteiger partial charge in [0.1, 0.15) is 17.2 Å². The number of hydrogen-bond acceptors (Lipinski definition) is 5. The predicted octanol–water partition coefficient (Wildman–Crippen LogP) is 3.15. The summed E-state index contributed by atoms with van der Waals surface area (Å²) in [6.07, 6.45) is 5.68. The fourth-order valence-electron chi connectivity index (χ4n) is 1.85. The third-order valence-electron chi connectivity index (χ3n) is 2.89. The summed E-state index contributed by atoms with van der Waals surface area (Å²) in [5.74, 6) is 0.713. The highest BCUT2D eigenvalue weighted by Crippen LogP contribution is 2.24. The van der Waals surface area contributed by atoms with E-state index in [2.05, 4.69) is 20.5 Å². The first kappa shape index (κ1) is 14.9. The number of rotatable bonds is 4. The molecule has 1 amide bonds. The highest BCUT2D eigenvalue weighted by molar-refractivity contribution is 6.30. The molecule has 0 unspecified atom stereocenters. The smallest absolute Gasteiger partial charge is 0.291 e. The van der Waals surface area contributed by atoms with Crippen LogP contribution in [0, 0.1) is 0 Å². The Labute approximate surface area is 136 Å². The molecule has 0 atom stereocenters. The van der Waals surface area contributed by atoms with Crippen LogP contribution in [0.3, 0.4) is 0 Å². The molecule has 0 fully saturated rings. The first-order chi connectivity index (χ1) is 11.2. The maximum Gasteiger partial charge on any atom is 0.291 e. The van der Waals surface area contributed by atoms with Gasteiger partial charge in [0.2, 0.25) is 0 Å². The van der Waals surface area contributed by atoms with Crippen LogP contribution in [0.2, 0.25) is 5.02 Å². The molecule has 114 valence electrons. The van der Waals surface area contributed by atoms with Crippen molar-refractivity contribution in [1.82, 2.24) is 15.4 Å². The van der Waals surface area contributed by atoms with Crippen molar-refractivity contribution >= 4 is 23.7 Å². The lowest BCUT2D eigenvalue weighted by Gasteiger charge is -1.97. The zero-order valence-electron chi connectivity index (χ0n) is 11.8. The molecule has 1 N–H and O–H groups in total. The second-order valence-corrected chi connectivity index (χ2v) is 4.94. The van der Waals surface area contributed by atoms with Gasteiger partial charge in [-0.05, 0) is 24.3 Å². The van der Waals surface area contributed by atoms with E-state index in [1.165, 1.54) is 24.8 Å². The van der Waals surface area contributed by atoms with Crippen molar-refractivity contribution in [2.75, 3.05) is 0 Å². The van der Waals surface area contributed by atoms with Crippen LogP contribution in [0.25, 0.3) is 11.3 Å². The molecule has 2 heterocycles. The summed E-state index contributed by atoms with van der Waals surface area (Å²) in [7, 11) is 0.